The van der Waals surface area contributed by atoms with Crippen LogP contribution in [0.15, 0.2) is 0 Å². The average molecular weight is 142 g/mol. The van der Waals surface area contributed by atoms with E-state index in [4.69, 9.17) is 4.74 Å². The zero-order valence-corrected chi connectivity index (χ0v) is 7.26. The maximum Gasteiger partial charge on any atom is 0.0605 e. The Kier molecular flexibility index (Phi) is 2.72. The van der Waals surface area contributed by atoms with Gasteiger partial charge in [-0.25, -0.2) is 0 Å². The lowest BCUT2D eigenvalue weighted by molar-refractivity contribution is 0.0412. The molecule has 1 heteroatoms. The summed E-state index contributed by atoms with van der Waals surface area (Å²) in [5, 5.41) is 0. The molecule has 1 aliphatic heterocycles. The summed E-state index contributed by atoms with van der Waals surface area (Å²) in [7, 11) is 0. The third-order valence-corrected chi connectivity index (χ3v) is 2.49. The lowest BCUT2D eigenvalue weighted by atomic mass is 9.95. The summed E-state index contributed by atoms with van der Waals surface area (Å²) in [4.78, 5) is 0. The second kappa shape index (κ2) is 3.38. The first-order valence-electron chi connectivity index (χ1n) is 4.43. The topological polar surface area (TPSA) is 9.23 Å². The molecule has 0 saturated carbocycles. The van der Waals surface area contributed by atoms with E-state index in [-0.39, 0.29) is 0 Å². The minimum atomic E-state index is 0.509. The third-order valence-electron chi connectivity index (χ3n) is 2.49. The highest BCUT2D eigenvalue weighted by Gasteiger charge is 2.29. The van der Waals surface area contributed by atoms with Gasteiger partial charge in [-0.3, -0.25) is 0 Å². The molecule has 1 fully saturated rings. The Balaban J connectivity index is 2.41. The molecule has 1 saturated heterocycles. The van der Waals surface area contributed by atoms with Crippen molar-refractivity contribution >= 4 is 0 Å². The van der Waals surface area contributed by atoms with Crippen molar-refractivity contribution in [2.24, 2.45) is 5.92 Å². The average Bonchev–Trinajstić information content (AvgIpc) is 2.30. The summed E-state index contributed by atoms with van der Waals surface area (Å²) in [6.45, 7) is 6.65. The third kappa shape index (κ3) is 1.51. The van der Waals surface area contributed by atoms with Gasteiger partial charge in [-0.15, -0.1) is 0 Å². The first-order chi connectivity index (χ1) is 4.77. The van der Waals surface area contributed by atoms with E-state index >= 15 is 0 Å². The normalized spacial score (nSPS) is 40.5. The van der Waals surface area contributed by atoms with Gasteiger partial charge in [-0.05, 0) is 25.7 Å². The molecule has 0 amide bonds. The molecule has 0 unspecified atom stereocenters. The first-order valence-corrected chi connectivity index (χ1v) is 4.43. The fourth-order valence-electron chi connectivity index (χ4n) is 1.90. The fraction of sp³-hybridized carbons (Fsp3) is 1.00. The minimum absolute atomic E-state index is 0.509. The van der Waals surface area contributed by atoms with Crippen molar-refractivity contribution in [3.63, 3.8) is 0 Å². The van der Waals surface area contributed by atoms with Crippen LogP contribution in [0, 0.1) is 5.92 Å². The van der Waals surface area contributed by atoms with Crippen molar-refractivity contribution in [2.75, 3.05) is 0 Å². The highest BCUT2D eigenvalue weighted by Crippen LogP contribution is 2.30. The smallest absolute Gasteiger partial charge is 0.0605 e. The van der Waals surface area contributed by atoms with Gasteiger partial charge >= 0.3 is 0 Å². The molecule has 1 heterocycles. The number of ether oxygens (including phenoxy) is 1. The highest BCUT2D eigenvalue weighted by molar-refractivity contribution is 4.78. The van der Waals surface area contributed by atoms with Crippen molar-refractivity contribution in [3.8, 4) is 0 Å². The van der Waals surface area contributed by atoms with Crippen molar-refractivity contribution in [1.29, 1.82) is 0 Å². The van der Waals surface area contributed by atoms with Gasteiger partial charge in [-0.1, -0.05) is 20.3 Å². The highest BCUT2D eigenvalue weighted by atomic mass is 16.5. The molecule has 0 spiro atoms. The van der Waals surface area contributed by atoms with Crippen LogP contribution in [0.2, 0.25) is 0 Å². The van der Waals surface area contributed by atoms with E-state index in [9.17, 15) is 0 Å². The molecular weight excluding hydrogens is 124 g/mol. The van der Waals surface area contributed by atoms with Crippen molar-refractivity contribution in [2.45, 2.75) is 52.2 Å². The van der Waals surface area contributed by atoms with Crippen LogP contribution in [-0.4, -0.2) is 12.2 Å². The van der Waals surface area contributed by atoms with Crippen LogP contribution in [-0.2, 0) is 4.74 Å². The van der Waals surface area contributed by atoms with Crippen LogP contribution in [0.4, 0.5) is 0 Å². The molecule has 0 aromatic rings. The van der Waals surface area contributed by atoms with E-state index in [2.05, 4.69) is 20.8 Å². The molecule has 0 aliphatic carbocycles. The van der Waals surface area contributed by atoms with Gasteiger partial charge in [0.25, 0.3) is 0 Å². The van der Waals surface area contributed by atoms with Gasteiger partial charge in [0.1, 0.15) is 0 Å². The molecule has 1 nitrogen and oxygen atoms in total. The summed E-state index contributed by atoms with van der Waals surface area (Å²) < 4.78 is 5.71. The van der Waals surface area contributed by atoms with E-state index in [0.29, 0.717) is 12.2 Å². The fourth-order valence-corrected chi connectivity index (χ4v) is 1.90. The van der Waals surface area contributed by atoms with E-state index in [1.54, 1.807) is 0 Å². The maximum absolute atomic E-state index is 5.71. The molecule has 0 aromatic carbocycles. The van der Waals surface area contributed by atoms with Crippen LogP contribution in [0.1, 0.15) is 40.0 Å². The minimum Gasteiger partial charge on any atom is -0.375 e. The van der Waals surface area contributed by atoms with Gasteiger partial charge in [0.15, 0.2) is 0 Å². The van der Waals surface area contributed by atoms with Crippen molar-refractivity contribution in [3.05, 3.63) is 0 Å². The molecule has 0 bridgehead atoms. The predicted molar refractivity (Wildman–Crippen MR) is 43.0 cm³/mol. The van der Waals surface area contributed by atoms with E-state index in [1.165, 1.54) is 19.3 Å². The van der Waals surface area contributed by atoms with Crippen molar-refractivity contribution in [1.82, 2.24) is 0 Å². The summed E-state index contributed by atoms with van der Waals surface area (Å²) in [5.41, 5.74) is 0. The molecule has 0 aromatic heterocycles. The maximum atomic E-state index is 5.71. The molecule has 60 valence electrons. The Labute approximate surface area is 63.8 Å². The van der Waals surface area contributed by atoms with Crippen LogP contribution in [0.25, 0.3) is 0 Å². The van der Waals surface area contributed by atoms with Crippen LogP contribution < -0.4 is 0 Å². The molecule has 1 aliphatic rings. The first kappa shape index (κ1) is 8.06. The lowest BCUT2D eigenvalue weighted by Crippen LogP contribution is -2.13. The zero-order valence-electron chi connectivity index (χ0n) is 7.26. The summed E-state index contributed by atoms with van der Waals surface area (Å²) >= 11 is 0. The van der Waals surface area contributed by atoms with E-state index in [1.807, 2.05) is 0 Å². The number of rotatable bonds is 2. The predicted octanol–water partition coefficient (Wildman–Crippen LogP) is 2.60. The van der Waals surface area contributed by atoms with Crippen LogP contribution in [0.3, 0.4) is 0 Å². The molecular formula is C9H18O. The Bertz CT molecular complexity index is 88.9. The summed E-state index contributed by atoms with van der Waals surface area (Å²) in [6.07, 6.45) is 4.80. The SMILES string of the molecule is CC[C@H]1C[C@H](C)O[C@@H]1CC. The van der Waals surface area contributed by atoms with Gasteiger partial charge in [0.2, 0.25) is 0 Å². The van der Waals surface area contributed by atoms with Crippen molar-refractivity contribution < 1.29 is 4.74 Å². The Morgan fingerprint density at radius 1 is 1.30 bits per heavy atom. The second-order valence-corrected chi connectivity index (χ2v) is 3.30. The number of hydrogen-bond donors (Lipinski definition) is 0. The number of hydrogen-bond acceptors (Lipinski definition) is 1. The van der Waals surface area contributed by atoms with Gasteiger partial charge in [-0.2, -0.15) is 0 Å². The summed E-state index contributed by atoms with van der Waals surface area (Å²) in [6, 6.07) is 0. The van der Waals surface area contributed by atoms with Gasteiger partial charge in [0, 0.05) is 0 Å². The Morgan fingerprint density at radius 2 is 2.00 bits per heavy atom. The van der Waals surface area contributed by atoms with Crippen LogP contribution >= 0.6 is 0 Å². The Morgan fingerprint density at radius 3 is 2.40 bits per heavy atom. The molecule has 10 heavy (non-hydrogen) atoms. The van der Waals surface area contributed by atoms with Gasteiger partial charge < -0.3 is 4.74 Å². The zero-order chi connectivity index (χ0) is 7.56. The monoisotopic (exact) mass is 142 g/mol. The molecule has 0 N–H and O–H groups in total. The van der Waals surface area contributed by atoms with Crippen LogP contribution in [0.5, 0.6) is 0 Å². The largest absolute Gasteiger partial charge is 0.375 e. The Hall–Kier alpha value is -0.0400. The second-order valence-electron chi connectivity index (χ2n) is 3.30. The summed E-state index contributed by atoms with van der Waals surface area (Å²) in [5.74, 6) is 0.833. The standard InChI is InChI=1S/C9H18O/c1-4-8-6-7(3)10-9(8)5-2/h7-9H,4-6H2,1-3H3/t7-,8-,9+/m0/s1. The molecule has 1 rings (SSSR count). The lowest BCUT2D eigenvalue weighted by Gasteiger charge is -2.13. The molecule has 0 radical (unpaired) electrons. The quantitative estimate of drug-likeness (QED) is 0.576. The van der Waals surface area contributed by atoms with Gasteiger partial charge in [0.05, 0.1) is 12.2 Å². The van der Waals surface area contributed by atoms with E-state index in [0.717, 1.165) is 5.92 Å². The molecule has 3 atom stereocenters. The van der Waals surface area contributed by atoms with E-state index < -0.39 is 0 Å².